The molecule has 0 aliphatic carbocycles. The van der Waals surface area contributed by atoms with E-state index < -0.39 is 0 Å². The maximum absolute atomic E-state index is 12.0. The molecule has 0 atom stereocenters. The second kappa shape index (κ2) is 6.06. The Labute approximate surface area is 117 Å². The number of hydrogen-bond donors (Lipinski definition) is 1. The summed E-state index contributed by atoms with van der Waals surface area (Å²) in [7, 11) is 0. The zero-order valence-electron chi connectivity index (χ0n) is 10.9. The number of halogens is 1. The molecule has 5 heteroatoms. The van der Waals surface area contributed by atoms with E-state index in [1.165, 1.54) is 0 Å². The van der Waals surface area contributed by atoms with Gasteiger partial charge in [-0.3, -0.25) is 9.59 Å². The first-order valence-corrected chi connectivity index (χ1v) is 6.83. The lowest BCUT2D eigenvalue weighted by molar-refractivity contribution is -0.134. The molecule has 1 aliphatic heterocycles. The Morgan fingerprint density at radius 3 is 2.68 bits per heavy atom. The maximum atomic E-state index is 12.0. The van der Waals surface area contributed by atoms with Crippen LogP contribution in [0.1, 0.15) is 15.9 Å². The minimum absolute atomic E-state index is 0.0300. The Balaban J connectivity index is 1.77. The van der Waals surface area contributed by atoms with Crippen molar-refractivity contribution in [3.8, 4) is 0 Å². The number of amides is 2. The Kier molecular flexibility index (Phi) is 4.43. The quantitative estimate of drug-likeness (QED) is 0.848. The zero-order chi connectivity index (χ0) is 13.8. The summed E-state index contributed by atoms with van der Waals surface area (Å²) in [5.41, 5.74) is 1.67. The van der Waals surface area contributed by atoms with E-state index in [1.807, 2.05) is 31.2 Å². The van der Waals surface area contributed by atoms with Crippen LogP contribution in [0.15, 0.2) is 24.3 Å². The van der Waals surface area contributed by atoms with Gasteiger partial charge in [-0.15, -0.1) is 11.6 Å². The minimum Gasteiger partial charge on any atom is -0.352 e. The van der Waals surface area contributed by atoms with Crippen LogP contribution in [0.25, 0.3) is 0 Å². The number of benzene rings is 1. The zero-order valence-corrected chi connectivity index (χ0v) is 11.6. The molecule has 102 valence electrons. The van der Waals surface area contributed by atoms with Crippen molar-refractivity contribution in [2.24, 2.45) is 5.92 Å². The molecule has 1 fully saturated rings. The highest BCUT2D eigenvalue weighted by molar-refractivity contribution is 6.27. The first kappa shape index (κ1) is 13.9. The molecule has 1 saturated heterocycles. The molecule has 2 rings (SSSR count). The van der Waals surface area contributed by atoms with E-state index in [1.54, 1.807) is 4.90 Å². The summed E-state index contributed by atoms with van der Waals surface area (Å²) in [6.07, 6.45) is 0. The molecule has 0 spiro atoms. The molecular weight excluding hydrogens is 264 g/mol. The average molecular weight is 281 g/mol. The number of hydrogen-bond acceptors (Lipinski definition) is 2. The van der Waals surface area contributed by atoms with Crippen LogP contribution in [0.4, 0.5) is 0 Å². The van der Waals surface area contributed by atoms with Gasteiger partial charge in [-0.1, -0.05) is 18.2 Å². The van der Waals surface area contributed by atoms with Crippen molar-refractivity contribution in [1.29, 1.82) is 0 Å². The third kappa shape index (κ3) is 3.26. The lowest BCUT2D eigenvalue weighted by atomic mass is 10.00. The molecule has 1 N–H and O–H groups in total. The second-order valence-electron chi connectivity index (χ2n) is 4.82. The van der Waals surface area contributed by atoms with Gasteiger partial charge >= 0.3 is 0 Å². The molecule has 0 saturated carbocycles. The van der Waals surface area contributed by atoms with Gasteiger partial charge in [0.15, 0.2) is 0 Å². The standard InChI is InChI=1S/C14H17ClN2O2/c1-10-4-2-3-5-12(10)14(19)16-7-11-8-17(9-11)13(18)6-15/h2-5,11H,6-9H2,1H3,(H,16,19). The van der Waals surface area contributed by atoms with Crippen molar-refractivity contribution in [3.63, 3.8) is 0 Å². The summed E-state index contributed by atoms with van der Waals surface area (Å²) in [4.78, 5) is 24.9. The molecule has 1 aromatic rings. The summed E-state index contributed by atoms with van der Waals surface area (Å²) < 4.78 is 0. The summed E-state index contributed by atoms with van der Waals surface area (Å²) >= 11 is 5.47. The van der Waals surface area contributed by atoms with Crippen LogP contribution in [0, 0.1) is 12.8 Å². The molecule has 19 heavy (non-hydrogen) atoms. The fourth-order valence-corrected chi connectivity index (χ4v) is 2.32. The van der Waals surface area contributed by atoms with Crippen LogP contribution < -0.4 is 5.32 Å². The van der Waals surface area contributed by atoms with E-state index in [-0.39, 0.29) is 17.7 Å². The van der Waals surface area contributed by atoms with Gasteiger partial charge in [0.25, 0.3) is 5.91 Å². The Morgan fingerprint density at radius 1 is 1.37 bits per heavy atom. The number of likely N-dealkylation sites (tertiary alicyclic amines) is 1. The number of aryl methyl sites for hydroxylation is 1. The number of carbonyl (C=O) groups is 2. The van der Waals surface area contributed by atoms with Gasteiger partial charge in [-0.05, 0) is 18.6 Å². The van der Waals surface area contributed by atoms with Crippen LogP contribution in [0.2, 0.25) is 0 Å². The fraction of sp³-hybridized carbons (Fsp3) is 0.429. The molecular formula is C14H17ClN2O2. The van der Waals surface area contributed by atoms with Crippen LogP contribution >= 0.6 is 11.6 Å². The summed E-state index contributed by atoms with van der Waals surface area (Å²) in [6, 6.07) is 7.49. The maximum Gasteiger partial charge on any atom is 0.251 e. The number of rotatable bonds is 4. The summed E-state index contributed by atoms with van der Waals surface area (Å²) in [5.74, 6) is 0.269. The Hall–Kier alpha value is -1.55. The summed E-state index contributed by atoms with van der Waals surface area (Å²) in [5, 5.41) is 2.91. The molecule has 1 aromatic carbocycles. The van der Waals surface area contributed by atoms with Crippen LogP contribution in [-0.2, 0) is 4.79 Å². The van der Waals surface area contributed by atoms with Gasteiger partial charge in [-0.2, -0.15) is 0 Å². The Bertz CT molecular complexity index is 484. The monoisotopic (exact) mass is 280 g/mol. The first-order chi connectivity index (χ1) is 9.11. The molecule has 0 aromatic heterocycles. The summed E-state index contributed by atoms with van der Waals surface area (Å²) in [6.45, 7) is 3.87. The minimum atomic E-state index is -0.0554. The third-order valence-corrected chi connectivity index (χ3v) is 3.59. The van der Waals surface area contributed by atoms with Crippen LogP contribution in [0.5, 0.6) is 0 Å². The fourth-order valence-electron chi connectivity index (χ4n) is 2.15. The first-order valence-electron chi connectivity index (χ1n) is 6.29. The van der Waals surface area contributed by atoms with Gasteiger partial charge < -0.3 is 10.2 Å². The van der Waals surface area contributed by atoms with Gasteiger partial charge in [0.05, 0.1) is 0 Å². The predicted octanol–water partition coefficient (Wildman–Crippen LogP) is 1.42. The average Bonchev–Trinajstić information content (AvgIpc) is 2.36. The molecule has 1 aliphatic rings. The highest BCUT2D eigenvalue weighted by atomic mass is 35.5. The molecule has 0 bridgehead atoms. The van der Waals surface area contributed by atoms with Gasteiger partial charge in [0.1, 0.15) is 5.88 Å². The number of alkyl halides is 1. The van der Waals surface area contributed by atoms with Crippen molar-refractivity contribution in [2.45, 2.75) is 6.92 Å². The van der Waals surface area contributed by atoms with Gasteiger partial charge in [-0.25, -0.2) is 0 Å². The highest BCUT2D eigenvalue weighted by Gasteiger charge is 2.30. The predicted molar refractivity (Wildman–Crippen MR) is 74.3 cm³/mol. The van der Waals surface area contributed by atoms with Crippen molar-refractivity contribution in [3.05, 3.63) is 35.4 Å². The smallest absolute Gasteiger partial charge is 0.251 e. The van der Waals surface area contributed by atoms with Crippen LogP contribution in [-0.4, -0.2) is 42.2 Å². The lowest BCUT2D eigenvalue weighted by Gasteiger charge is -2.39. The second-order valence-corrected chi connectivity index (χ2v) is 5.09. The van der Waals surface area contributed by atoms with E-state index in [4.69, 9.17) is 11.6 Å². The van der Waals surface area contributed by atoms with Crippen molar-refractivity contribution < 1.29 is 9.59 Å². The van der Waals surface area contributed by atoms with E-state index >= 15 is 0 Å². The molecule has 1 heterocycles. The number of carbonyl (C=O) groups excluding carboxylic acids is 2. The van der Waals surface area contributed by atoms with Crippen molar-refractivity contribution in [1.82, 2.24) is 10.2 Å². The van der Waals surface area contributed by atoms with Crippen LogP contribution in [0.3, 0.4) is 0 Å². The van der Waals surface area contributed by atoms with Crippen molar-refractivity contribution >= 4 is 23.4 Å². The Morgan fingerprint density at radius 2 is 2.05 bits per heavy atom. The van der Waals surface area contributed by atoms with E-state index in [0.717, 1.165) is 5.56 Å². The largest absolute Gasteiger partial charge is 0.352 e. The van der Waals surface area contributed by atoms with Gasteiger partial charge in [0, 0.05) is 31.1 Å². The highest BCUT2D eigenvalue weighted by Crippen LogP contribution is 2.15. The molecule has 0 radical (unpaired) electrons. The normalized spacial score (nSPS) is 14.9. The van der Waals surface area contributed by atoms with E-state index in [9.17, 15) is 9.59 Å². The lowest BCUT2D eigenvalue weighted by Crippen LogP contribution is -2.54. The number of nitrogens with zero attached hydrogens (tertiary/aromatic N) is 1. The van der Waals surface area contributed by atoms with Gasteiger partial charge in [0.2, 0.25) is 5.91 Å². The SMILES string of the molecule is Cc1ccccc1C(=O)NCC1CN(C(=O)CCl)C1. The molecule has 0 unspecified atom stereocenters. The third-order valence-electron chi connectivity index (χ3n) is 3.37. The molecule has 4 nitrogen and oxygen atoms in total. The number of nitrogens with one attached hydrogen (secondary N) is 1. The van der Waals surface area contributed by atoms with E-state index in [2.05, 4.69) is 5.32 Å². The topological polar surface area (TPSA) is 49.4 Å². The molecule has 2 amide bonds. The van der Waals surface area contributed by atoms with E-state index in [0.29, 0.717) is 31.1 Å². The van der Waals surface area contributed by atoms with Crippen molar-refractivity contribution in [2.75, 3.05) is 25.5 Å².